The zero-order chi connectivity index (χ0) is 19.5. The van der Waals surface area contributed by atoms with Gasteiger partial charge in [0.1, 0.15) is 11.5 Å². The fraction of sp³-hybridized carbons (Fsp3) is 0.150. The van der Waals surface area contributed by atoms with E-state index in [1.807, 2.05) is 49.4 Å². The Morgan fingerprint density at radius 1 is 1.14 bits per heavy atom. The van der Waals surface area contributed by atoms with Crippen LogP contribution < -0.4 is 4.74 Å². The average molecular weight is 395 g/mol. The number of carbonyl (C=O) groups is 1. The number of aromatic nitrogens is 3. The van der Waals surface area contributed by atoms with Crippen LogP contribution in [0, 0.1) is 0 Å². The summed E-state index contributed by atoms with van der Waals surface area (Å²) in [5, 5.41) is 18.1. The Hall–Kier alpha value is -3.26. The van der Waals surface area contributed by atoms with Crippen molar-refractivity contribution in [3.8, 4) is 28.7 Å². The third-order valence-electron chi connectivity index (χ3n) is 4.04. The number of thioether (sulfide) groups is 1. The second-order valence-corrected chi connectivity index (χ2v) is 6.91. The second kappa shape index (κ2) is 7.77. The number of rotatable bonds is 7. The van der Waals surface area contributed by atoms with Gasteiger partial charge in [0.05, 0.1) is 12.4 Å². The van der Waals surface area contributed by atoms with Gasteiger partial charge >= 0.3 is 5.97 Å². The van der Waals surface area contributed by atoms with Crippen molar-refractivity contribution in [2.75, 3.05) is 12.4 Å². The second-order valence-electron chi connectivity index (χ2n) is 5.97. The summed E-state index contributed by atoms with van der Waals surface area (Å²) in [6, 6.07) is 15.8. The summed E-state index contributed by atoms with van der Waals surface area (Å²) in [7, 11) is 0. The number of fused-ring (bicyclic) bond motifs is 1. The summed E-state index contributed by atoms with van der Waals surface area (Å²) in [5.74, 6) is 1.52. The van der Waals surface area contributed by atoms with Crippen molar-refractivity contribution in [3.05, 3.63) is 48.5 Å². The Kier molecular flexibility index (Phi) is 5.03. The number of nitrogens with one attached hydrogen (secondary N) is 1. The Morgan fingerprint density at radius 2 is 1.96 bits per heavy atom. The molecule has 0 aliphatic rings. The summed E-state index contributed by atoms with van der Waals surface area (Å²) in [4.78, 5) is 14.9. The van der Waals surface area contributed by atoms with Gasteiger partial charge in [0.15, 0.2) is 11.6 Å². The highest BCUT2D eigenvalue weighted by Gasteiger charge is 2.13. The molecule has 2 N–H and O–H groups in total. The van der Waals surface area contributed by atoms with Gasteiger partial charge in [-0.05, 0) is 48.0 Å². The quantitative estimate of drug-likeness (QED) is 0.445. The lowest BCUT2D eigenvalue weighted by atomic mass is 10.1. The Labute approximate surface area is 164 Å². The van der Waals surface area contributed by atoms with Crippen molar-refractivity contribution in [3.63, 3.8) is 0 Å². The normalized spacial score (nSPS) is 11.0. The van der Waals surface area contributed by atoms with E-state index in [0.717, 1.165) is 33.8 Å². The number of benzene rings is 2. The molecule has 142 valence electrons. The standard InChI is InChI=1S/C20H17N3O4S/c1-2-26-15-6-5-12-3-4-13(9-14(12)10-15)16-7-8-17(27-16)19-21-20(23-22-19)28-11-18(24)25/h3-10H,2,11H2,1H3,(H,24,25)(H,21,22,23). The van der Waals surface area contributed by atoms with Crippen LogP contribution in [0.1, 0.15) is 6.92 Å². The molecule has 0 saturated carbocycles. The van der Waals surface area contributed by atoms with E-state index < -0.39 is 5.97 Å². The molecule has 0 unspecified atom stereocenters. The van der Waals surface area contributed by atoms with E-state index in [-0.39, 0.29) is 5.75 Å². The fourth-order valence-electron chi connectivity index (χ4n) is 2.80. The minimum atomic E-state index is -0.916. The molecule has 4 rings (SSSR count). The van der Waals surface area contributed by atoms with E-state index in [2.05, 4.69) is 21.2 Å². The maximum Gasteiger partial charge on any atom is 0.313 e. The Bertz CT molecular complexity index is 1140. The van der Waals surface area contributed by atoms with Crippen LogP contribution in [-0.2, 0) is 4.79 Å². The number of nitrogens with zero attached hydrogens (tertiary/aromatic N) is 2. The third kappa shape index (κ3) is 3.86. The maximum absolute atomic E-state index is 10.6. The summed E-state index contributed by atoms with van der Waals surface area (Å²) >= 11 is 1.05. The van der Waals surface area contributed by atoms with E-state index in [0.29, 0.717) is 29.1 Å². The van der Waals surface area contributed by atoms with Crippen LogP contribution in [0.25, 0.3) is 33.7 Å². The molecule has 0 saturated heterocycles. The lowest BCUT2D eigenvalue weighted by molar-refractivity contribution is -0.133. The van der Waals surface area contributed by atoms with E-state index in [4.69, 9.17) is 14.3 Å². The number of furan rings is 1. The lowest BCUT2D eigenvalue weighted by Gasteiger charge is -2.06. The van der Waals surface area contributed by atoms with Crippen molar-refractivity contribution in [2.45, 2.75) is 12.1 Å². The first-order chi connectivity index (χ1) is 13.6. The van der Waals surface area contributed by atoms with Crippen molar-refractivity contribution in [2.24, 2.45) is 0 Å². The first-order valence-corrected chi connectivity index (χ1v) is 9.65. The number of aliphatic carboxylic acids is 1. The topological polar surface area (TPSA) is 101 Å². The van der Waals surface area contributed by atoms with E-state index in [9.17, 15) is 4.79 Å². The lowest BCUT2D eigenvalue weighted by Crippen LogP contribution is -1.97. The monoisotopic (exact) mass is 395 g/mol. The van der Waals surface area contributed by atoms with Crippen LogP contribution in [0.2, 0.25) is 0 Å². The first-order valence-electron chi connectivity index (χ1n) is 8.66. The first kappa shape index (κ1) is 18.1. The number of hydrogen-bond donors (Lipinski definition) is 2. The van der Waals surface area contributed by atoms with Crippen LogP contribution in [0.5, 0.6) is 5.75 Å². The van der Waals surface area contributed by atoms with Gasteiger partial charge in [-0.1, -0.05) is 30.0 Å². The van der Waals surface area contributed by atoms with Crippen molar-refractivity contribution in [1.29, 1.82) is 0 Å². The van der Waals surface area contributed by atoms with Gasteiger partial charge in [-0.15, -0.1) is 5.10 Å². The molecule has 0 spiro atoms. The number of H-pyrrole nitrogens is 1. The molecule has 0 bridgehead atoms. The molecule has 2 aromatic carbocycles. The van der Waals surface area contributed by atoms with Crippen LogP contribution in [0.4, 0.5) is 0 Å². The maximum atomic E-state index is 10.6. The average Bonchev–Trinajstić information content (AvgIpc) is 3.35. The number of ether oxygens (including phenoxy) is 1. The highest BCUT2D eigenvalue weighted by Crippen LogP contribution is 2.31. The van der Waals surface area contributed by atoms with E-state index in [1.54, 1.807) is 0 Å². The van der Waals surface area contributed by atoms with Crippen LogP contribution >= 0.6 is 11.8 Å². The molecule has 8 heteroatoms. The molecule has 7 nitrogen and oxygen atoms in total. The van der Waals surface area contributed by atoms with Gasteiger partial charge in [-0.2, -0.15) is 4.98 Å². The van der Waals surface area contributed by atoms with E-state index in [1.165, 1.54) is 0 Å². The predicted octanol–water partition coefficient (Wildman–Crippen LogP) is 4.46. The van der Waals surface area contributed by atoms with Gasteiger partial charge in [0.25, 0.3) is 0 Å². The van der Waals surface area contributed by atoms with Crippen molar-refractivity contribution < 1.29 is 19.1 Å². The van der Waals surface area contributed by atoms with Gasteiger partial charge in [-0.25, -0.2) is 0 Å². The highest BCUT2D eigenvalue weighted by atomic mass is 32.2. The minimum Gasteiger partial charge on any atom is -0.494 e. The molecular formula is C20H17N3O4S. The third-order valence-corrected chi connectivity index (χ3v) is 4.87. The molecule has 2 aromatic heterocycles. The molecule has 28 heavy (non-hydrogen) atoms. The van der Waals surface area contributed by atoms with Gasteiger partial charge < -0.3 is 14.3 Å². The SMILES string of the molecule is CCOc1ccc2ccc(-c3ccc(-c4nc(SCC(=O)O)n[nH]4)o3)cc2c1. The van der Waals surface area contributed by atoms with Crippen molar-refractivity contribution in [1.82, 2.24) is 15.2 Å². The van der Waals surface area contributed by atoms with Gasteiger partial charge in [-0.3, -0.25) is 9.89 Å². The summed E-state index contributed by atoms with van der Waals surface area (Å²) in [5.41, 5.74) is 0.937. The molecular weight excluding hydrogens is 378 g/mol. The van der Waals surface area contributed by atoms with Crippen molar-refractivity contribution >= 4 is 28.5 Å². The van der Waals surface area contributed by atoms with Crippen LogP contribution in [-0.4, -0.2) is 38.6 Å². The molecule has 0 atom stereocenters. The highest BCUT2D eigenvalue weighted by molar-refractivity contribution is 7.99. The predicted molar refractivity (Wildman–Crippen MR) is 107 cm³/mol. The van der Waals surface area contributed by atoms with E-state index >= 15 is 0 Å². The largest absolute Gasteiger partial charge is 0.494 e. The number of aromatic amines is 1. The fourth-order valence-corrected chi connectivity index (χ4v) is 3.32. The molecule has 0 amide bonds. The van der Waals surface area contributed by atoms with Gasteiger partial charge in [0.2, 0.25) is 5.16 Å². The summed E-state index contributed by atoms with van der Waals surface area (Å²) in [6.07, 6.45) is 0. The number of carboxylic acid groups (broad SMARTS) is 1. The number of carboxylic acids is 1. The molecule has 4 aromatic rings. The van der Waals surface area contributed by atoms with Crippen LogP contribution in [0.15, 0.2) is 58.1 Å². The smallest absolute Gasteiger partial charge is 0.313 e. The number of hydrogen-bond acceptors (Lipinski definition) is 6. The summed E-state index contributed by atoms with van der Waals surface area (Å²) in [6.45, 7) is 2.58. The zero-order valence-corrected chi connectivity index (χ0v) is 15.8. The molecule has 0 aliphatic heterocycles. The van der Waals surface area contributed by atoms with Gasteiger partial charge in [0, 0.05) is 5.56 Å². The molecule has 0 aliphatic carbocycles. The molecule has 2 heterocycles. The Morgan fingerprint density at radius 3 is 2.79 bits per heavy atom. The zero-order valence-electron chi connectivity index (χ0n) is 15.0. The molecule has 0 fully saturated rings. The minimum absolute atomic E-state index is 0.0957. The van der Waals surface area contributed by atoms with Crippen LogP contribution in [0.3, 0.4) is 0 Å². The summed E-state index contributed by atoms with van der Waals surface area (Å²) < 4.78 is 11.5. The molecule has 0 radical (unpaired) electrons. The Balaban J connectivity index is 1.59.